The molecule has 1 aromatic rings. The molecule has 4 nitrogen and oxygen atoms in total. The van der Waals surface area contributed by atoms with Crippen molar-refractivity contribution in [3.8, 4) is 5.75 Å². The summed E-state index contributed by atoms with van der Waals surface area (Å²) in [6.45, 7) is 2.92. The molecule has 0 spiro atoms. The highest BCUT2D eigenvalue weighted by atomic mass is 16.5. The minimum atomic E-state index is -0.0680. The van der Waals surface area contributed by atoms with Gasteiger partial charge in [-0.25, -0.2) is 0 Å². The summed E-state index contributed by atoms with van der Waals surface area (Å²) in [6.07, 6.45) is 3.87. The van der Waals surface area contributed by atoms with E-state index in [1.54, 1.807) is 6.07 Å². The molecule has 1 saturated carbocycles. The number of rotatable bonds is 5. The topological polar surface area (TPSA) is 58.6 Å². The fraction of sp³-hybridized carbons (Fsp3) is 0.562. The minimum Gasteiger partial charge on any atom is -0.508 e. The van der Waals surface area contributed by atoms with Crippen molar-refractivity contribution in [3.63, 3.8) is 0 Å². The first-order chi connectivity index (χ1) is 9.70. The second-order valence-corrected chi connectivity index (χ2v) is 5.32. The number of carbonyl (C=O) groups is 1. The van der Waals surface area contributed by atoms with Crippen molar-refractivity contribution in [2.24, 2.45) is 5.92 Å². The van der Waals surface area contributed by atoms with E-state index in [9.17, 15) is 9.90 Å². The molecule has 2 N–H and O–H groups in total. The third-order valence-corrected chi connectivity index (χ3v) is 3.87. The molecule has 0 amide bonds. The van der Waals surface area contributed by atoms with Crippen molar-refractivity contribution in [1.82, 2.24) is 5.32 Å². The highest BCUT2D eigenvalue weighted by molar-refractivity contribution is 5.72. The summed E-state index contributed by atoms with van der Waals surface area (Å²) in [7, 11) is 0. The zero-order valence-electron chi connectivity index (χ0n) is 12.0. The quantitative estimate of drug-likeness (QED) is 0.812. The maximum absolute atomic E-state index is 11.8. The number of phenols is 1. The number of esters is 1. The number of hydrogen-bond acceptors (Lipinski definition) is 4. The second-order valence-electron chi connectivity index (χ2n) is 5.32. The van der Waals surface area contributed by atoms with Gasteiger partial charge in [0.1, 0.15) is 5.75 Å². The number of nitrogens with one attached hydrogen (secondary N) is 1. The molecule has 0 heterocycles. The number of ether oxygens (including phenoxy) is 1. The Balaban J connectivity index is 1.84. The molecule has 2 unspecified atom stereocenters. The lowest BCUT2D eigenvalue weighted by atomic mass is 9.85. The Morgan fingerprint density at radius 2 is 2.20 bits per heavy atom. The third-order valence-electron chi connectivity index (χ3n) is 3.87. The van der Waals surface area contributed by atoms with E-state index in [2.05, 4.69) is 5.32 Å². The Morgan fingerprint density at radius 3 is 2.95 bits per heavy atom. The standard InChI is InChI=1S/C16H23NO3/c1-2-20-16(19)12-7-5-8-14(10-12)17-11-13-6-3-4-9-15(13)18/h3-4,6,9,12,14,17-18H,2,5,7-8,10-11H2,1H3. The van der Waals surface area contributed by atoms with Crippen LogP contribution in [0.4, 0.5) is 0 Å². The number of phenolic OH excluding ortho intramolecular Hbond substituents is 1. The van der Waals surface area contributed by atoms with Crippen molar-refractivity contribution in [3.05, 3.63) is 29.8 Å². The van der Waals surface area contributed by atoms with Crippen LogP contribution in [0.25, 0.3) is 0 Å². The van der Waals surface area contributed by atoms with E-state index in [4.69, 9.17) is 4.74 Å². The molecular weight excluding hydrogens is 254 g/mol. The van der Waals surface area contributed by atoms with Crippen LogP contribution in [0, 0.1) is 5.92 Å². The van der Waals surface area contributed by atoms with Crippen LogP contribution < -0.4 is 5.32 Å². The molecule has 1 aliphatic carbocycles. The maximum atomic E-state index is 11.8. The predicted octanol–water partition coefficient (Wildman–Crippen LogP) is 2.60. The van der Waals surface area contributed by atoms with Crippen LogP contribution in [-0.2, 0) is 16.1 Å². The summed E-state index contributed by atoms with van der Waals surface area (Å²) < 4.78 is 5.10. The second kappa shape index (κ2) is 7.29. The van der Waals surface area contributed by atoms with E-state index in [-0.39, 0.29) is 11.9 Å². The molecule has 4 heteroatoms. The molecule has 2 atom stereocenters. The van der Waals surface area contributed by atoms with Crippen LogP contribution in [0.2, 0.25) is 0 Å². The number of benzene rings is 1. The summed E-state index contributed by atoms with van der Waals surface area (Å²) in [4.78, 5) is 11.8. The molecule has 0 saturated heterocycles. The molecule has 1 aromatic carbocycles. The first-order valence-electron chi connectivity index (χ1n) is 7.37. The summed E-state index contributed by atoms with van der Waals surface area (Å²) in [6, 6.07) is 7.65. The van der Waals surface area contributed by atoms with E-state index in [0.29, 0.717) is 24.9 Å². The molecule has 1 aliphatic rings. The summed E-state index contributed by atoms with van der Waals surface area (Å²) in [5.41, 5.74) is 0.894. The largest absolute Gasteiger partial charge is 0.508 e. The van der Waals surface area contributed by atoms with Crippen LogP contribution in [0.15, 0.2) is 24.3 Å². The van der Waals surface area contributed by atoms with Gasteiger partial charge in [-0.15, -0.1) is 0 Å². The number of carbonyl (C=O) groups excluding carboxylic acids is 1. The molecule has 110 valence electrons. The average molecular weight is 277 g/mol. The van der Waals surface area contributed by atoms with E-state index < -0.39 is 0 Å². The Bertz CT molecular complexity index is 447. The van der Waals surface area contributed by atoms with Crippen LogP contribution in [0.5, 0.6) is 5.75 Å². The first-order valence-corrected chi connectivity index (χ1v) is 7.37. The normalized spacial score (nSPS) is 22.4. The Hall–Kier alpha value is -1.55. The lowest BCUT2D eigenvalue weighted by Gasteiger charge is -2.28. The predicted molar refractivity (Wildman–Crippen MR) is 77.3 cm³/mol. The molecule has 2 rings (SSSR count). The van der Waals surface area contributed by atoms with Gasteiger partial charge in [-0.2, -0.15) is 0 Å². The van der Waals surface area contributed by atoms with Gasteiger partial charge in [-0.3, -0.25) is 4.79 Å². The van der Waals surface area contributed by atoms with Crippen molar-refractivity contribution in [2.75, 3.05) is 6.61 Å². The molecule has 0 aromatic heterocycles. The van der Waals surface area contributed by atoms with Crippen molar-refractivity contribution in [2.45, 2.75) is 45.2 Å². The summed E-state index contributed by atoms with van der Waals surface area (Å²) >= 11 is 0. The van der Waals surface area contributed by atoms with Crippen LogP contribution in [0.1, 0.15) is 38.2 Å². The number of hydrogen-bond donors (Lipinski definition) is 2. The minimum absolute atomic E-state index is 0.0190. The van der Waals surface area contributed by atoms with Gasteiger partial charge >= 0.3 is 5.97 Å². The zero-order valence-corrected chi connectivity index (χ0v) is 12.0. The lowest BCUT2D eigenvalue weighted by Crippen LogP contribution is -2.36. The van der Waals surface area contributed by atoms with Gasteiger partial charge in [-0.05, 0) is 32.3 Å². The average Bonchev–Trinajstić information content (AvgIpc) is 2.47. The number of para-hydroxylation sites is 1. The molecular formula is C16H23NO3. The van der Waals surface area contributed by atoms with Crippen molar-refractivity contribution < 1.29 is 14.6 Å². The van der Waals surface area contributed by atoms with Gasteiger partial charge in [0.05, 0.1) is 12.5 Å². The highest BCUT2D eigenvalue weighted by Gasteiger charge is 2.27. The molecule has 0 radical (unpaired) electrons. The molecule has 1 fully saturated rings. The first kappa shape index (κ1) is 14.9. The summed E-state index contributed by atoms with van der Waals surface area (Å²) in [5, 5.41) is 13.2. The van der Waals surface area contributed by atoms with Gasteiger partial charge in [0, 0.05) is 18.2 Å². The Kier molecular flexibility index (Phi) is 5.41. The lowest BCUT2D eigenvalue weighted by molar-refractivity contribution is -0.149. The van der Waals surface area contributed by atoms with Gasteiger partial charge in [0.25, 0.3) is 0 Å². The van der Waals surface area contributed by atoms with Gasteiger partial charge < -0.3 is 15.2 Å². The van der Waals surface area contributed by atoms with E-state index >= 15 is 0 Å². The van der Waals surface area contributed by atoms with E-state index in [0.717, 1.165) is 31.2 Å². The zero-order chi connectivity index (χ0) is 14.4. The Morgan fingerprint density at radius 1 is 1.40 bits per heavy atom. The monoisotopic (exact) mass is 277 g/mol. The molecule has 0 bridgehead atoms. The van der Waals surface area contributed by atoms with E-state index in [1.807, 2.05) is 25.1 Å². The summed E-state index contributed by atoms with van der Waals surface area (Å²) in [5.74, 6) is 0.268. The molecule has 0 aliphatic heterocycles. The fourth-order valence-electron chi connectivity index (χ4n) is 2.76. The Labute approximate surface area is 120 Å². The van der Waals surface area contributed by atoms with Gasteiger partial charge in [0.15, 0.2) is 0 Å². The maximum Gasteiger partial charge on any atom is 0.308 e. The smallest absolute Gasteiger partial charge is 0.308 e. The van der Waals surface area contributed by atoms with Crippen LogP contribution >= 0.6 is 0 Å². The van der Waals surface area contributed by atoms with Crippen LogP contribution in [-0.4, -0.2) is 23.7 Å². The third kappa shape index (κ3) is 3.97. The highest BCUT2D eigenvalue weighted by Crippen LogP contribution is 2.26. The van der Waals surface area contributed by atoms with E-state index in [1.165, 1.54) is 0 Å². The van der Waals surface area contributed by atoms with Gasteiger partial charge in [0.2, 0.25) is 0 Å². The fourth-order valence-corrected chi connectivity index (χ4v) is 2.76. The van der Waals surface area contributed by atoms with Crippen LogP contribution in [0.3, 0.4) is 0 Å². The number of aromatic hydroxyl groups is 1. The van der Waals surface area contributed by atoms with Crippen molar-refractivity contribution in [1.29, 1.82) is 0 Å². The molecule has 20 heavy (non-hydrogen) atoms. The SMILES string of the molecule is CCOC(=O)C1CCCC(NCc2ccccc2O)C1. The van der Waals surface area contributed by atoms with Crippen molar-refractivity contribution >= 4 is 5.97 Å². The van der Waals surface area contributed by atoms with Gasteiger partial charge in [-0.1, -0.05) is 24.6 Å².